The minimum Gasteiger partial charge on any atom is -0.399 e. The zero-order valence-electron chi connectivity index (χ0n) is 10.8. The third kappa shape index (κ3) is 4.87. The first kappa shape index (κ1) is 14.0. The quantitative estimate of drug-likeness (QED) is 0.362. The van der Waals surface area contributed by atoms with E-state index in [1.54, 1.807) is 24.1 Å². The molecule has 0 radical (unpaired) electrons. The molecule has 18 heavy (non-hydrogen) atoms. The third-order valence-electron chi connectivity index (χ3n) is 2.61. The van der Waals surface area contributed by atoms with Crippen LogP contribution in [0.25, 0.3) is 6.08 Å². The number of allylic oxidation sites excluding steroid dienone is 1. The van der Waals surface area contributed by atoms with Gasteiger partial charge in [0.05, 0.1) is 0 Å². The number of carbonyl (C=O) groups is 1. The van der Waals surface area contributed by atoms with Gasteiger partial charge < -0.3 is 10.6 Å². The van der Waals surface area contributed by atoms with E-state index in [1.165, 1.54) is 0 Å². The van der Waals surface area contributed by atoms with Crippen molar-refractivity contribution >= 4 is 17.7 Å². The van der Waals surface area contributed by atoms with Gasteiger partial charge >= 0.3 is 0 Å². The standard InChI is InChI=1S/C15H20N2O/c1-3-4-5-11-17(2)15(18)10-9-13-7-6-8-14(16)12-13/h3,6-10,12H,1,4-5,11,16H2,2H3/b10-9+. The number of nitrogens with two attached hydrogens (primary N) is 1. The molecule has 2 N–H and O–H groups in total. The topological polar surface area (TPSA) is 46.3 Å². The van der Waals surface area contributed by atoms with Gasteiger partial charge in [0.1, 0.15) is 0 Å². The number of unbranched alkanes of at least 4 members (excludes halogenated alkanes) is 1. The smallest absolute Gasteiger partial charge is 0.246 e. The molecule has 1 rings (SSSR count). The van der Waals surface area contributed by atoms with E-state index in [1.807, 2.05) is 30.3 Å². The van der Waals surface area contributed by atoms with Gasteiger partial charge in [-0.3, -0.25) is 4.79 Å². The first-order valence-corrected chi connectivity index (χ1v) is 6.03. The average Bonchev–Trinajstić information content (AvgIpc) is 2.36. The SMILES string of the molecule is C=CCCCN(C)C(=O)/C=C/c1cccc(N)c1. The number of nitrogens with zero attached hydrogens (tertiary/aromatic N) is 1. The van der Waals surface area contributed by atoms with Crippen molar-refractivity contribution in [3.63, 3.8) is 0 Å². The molecule has 3 heteroatoms. The molecule has 0 aliphatic carbocycles. The van der Waals surface area contributed by atoms with Crippen molar-refractivity contribution < 1.29 is 4.79 Å². The number of nitrogen functional groups attached to an aromatic ring is 1. The molecule has 0 saturated heterocycles. The summed E-state index contributed by atoms with van der Waals surface area (Å²) in [5, 5.41) is 0. The number of amides is 1. The van der Waals surface area contributed by atoms with Crippen LogP contribution in [0.15, 0.2) is 43.0 Å². The Labute approximate surface area is 109 Å². The lowest BCUT2D eigenvalue weighted by Crippen LogP contribution is -2.25. The van der Waals surface area contributed by atoms with Crippen molar-refractivity contribution in [1.82, 2.24) is 4.90 Å². The van der Waals surface area contributed by atoms with E-state index in [0.717, 1.165) is 24.9 Å². The van der Waals surface area contributed by atoms with Crippen LogP contribution in [0.3, 0.4) is 0 Å². The molecular weight excluding hydrogens is 224 g/mol. The number of rotatable bonds is 6. The first-order valence-electron chi connectivity index (χ1n) is 6.03. The number of likely N-dealkylation sites (N-methyl/N-ethyl adjacent to an activating group) is 1. The van der Waals surface area contributed by atoms with Crippen molar-refractivity contribution in [2.24, 2.45) is 0 Å². The van der Waals surface area contributed by atoms with E-state index in [9.17, 15) is 4.79 Å². The first-order chi connectivity index (χ1) is 8.63. The summed E-state index contributed by atoms with van der Waals surface area (Å²) in [5.74, 6) is 0.00138. The Morgan fingerprint density at radius 1 is 1.50 bits per heavy atom. The largest absolute Gasteiger partial charge is 0.399 e. The van der Waals surface area contributed by atoms with E-state index < -0.39 is 0 Å². The summed E-state index contributed by atoms with van der Waals surface area (Å²) in [6.07, 6.45) is 7.08. The highest BCUT2D eigenvalue weighted by Gasteiger charge is 2.03. The Morgan fingerprint density at radius 3 is 2.94 bits per heavy atom. The Bertz CT molecular complexity index is 438. The van der Waals surface area contributed by atoms with Gasteiger partial charge in [-0.05, 0) is 36.6 Å². The summed E-state index contributed by atoms with van der Waals surface area (Å²) < 4.78 is 0. The van der Waals surface area contributed by atoms with E-state index >= 15 is 0 Å². The molecule has 0 saturated carbocycles. The van der Waals surface area contributed by atoms with Crippen molar-refractivity contribution in [2.45, 2.75) is 12.8 Å². The van der Waals surface area contributed by atoms with E-state index in [2.05, 4.69) is 6.58 Å². The third-order valence-corrected chi connectivity index (χ3v) is 2.61. The number of carbonyl (C=O) groups excluding carboxylic acids is 1. The van der Waals surface area contributed by atoms with Crippen LogP contribution in [0.1, 0.15) is 18.4 Å². The van der Waals surface area contributed by atoms with Crippen LogP contribution >= 0.6 is 0 Å². The number of hydrogen-bond donors (Lipinski definition) is 1. The molecular formula is C15H20N2O. The lowest BCUT2D eigenvalue weighted by Gasteiger charge is -2.14. The summed E-state index contributed by atoms with van der Waals surface area (Å²) in [7, 11) is 1.80. The van der Waals surface area contributed by atoms with Gasteiger partial charge in [0.25, 0.3) is 0 Å². The Balaban J connectivity index is 2.50. The predicted octanol–water partition coefficient (Wildman–Crippen LogP) is 2.71. The summed E-state index contributed by atoms with van der Waals surface area (Å²) in [5.41, 5.74) is 7.30. The maximum absolute atomic E-state index is 11.8. The maximum Gasteiger partial charge on any atom is 0.246 e. The second-order valence-corrected chi connectivity index (χ2v) is 4.19. The Hall–Kier alpha value is -2.03. The van der Waals surface area contributed by atoms with Gasteiger partial charge in [-0.1, -0.05) is 18.2 Å². The van der Waals surface area contributed by atoms with Crippen molar-refractivity contribution in [3.05, 3.63) is 48.6 Å². The summed E-state index contributed by atoms with van der Waals surface area (Å²) in [4.78, 5) is 13.5. The fourth-order valence-corrected chi connectivity index (χ4v) is 1.54. The molecule has 96 valence electrons. The molecule has 0 aromatic heterocycles. The zero-order valence-corrected chi connectivity index (χ0v) is 10.8. The molecule has 0 heterocycles. The lowest BCUT2D eigenvalue weighted by atomic mass is 10.2. The van der Waals surface area contributed by atoms with Crippen molar-refractivity contribution in [3.8, 4) is 0 Å². The van der Waals surface area contributed by atoms with Gasteiger partial charge in [0.15, 0.2) is 0 Å². The van der Waals surface area contributed by atoms with E-state index in [0.29, 0.717) is 5.69 Å². The highest BCUT2D eigenvalue weighted by atomic mass is 16.2. The molecule has 1 aromatic rings. The second kappa shape index (κ2) is 7.33. The highest BCUT2D eigenvalue weighted by molar-refractivity contribution is 5.91. The van der Waals surface area contributed by atoms with Crippen molar-refractivity contribution in [2.75, 3.05) is 19.3 Å². The molecule has 0 unspecified atom stereocenters. The normalized spacial score (nSPS) is 10.5. The Morgan fingerprint density at radius 2 is 2.28 bits per heavy atom. The van der Waals surface area contributed by atoms with Gasteiger partial charge in [-0.15, -0.1) is 6.58 Å². The molecule has 0 fully saturated rings. The summed E-state index contributed by atoms with van der Waals surface area (Å²) in [6.45, 7) is 4.40. The van der Waals surface area contributed by atoms with Gasteiger partial charge in [0.2, 0.25) is 5.91 Å². The second-order valence-electron chi connectivity index (χ2n) is 4.19. The fourth-order valence-electron chi connectivity index (χ4n) is 1.54. The van der Waals surface area contributed by atoms with Crippen LogP contribution in [0, 0.1) is 0 Å². The van der Waals surface area contributed by atoms with Crippen LogP contribution in [0.4, 0.5) is 5.69 Å². The number of hydrogen-bond acceptors (Lipinski definition) is 2. The van der Waals surface area contributed by atoms with Gasteiger partial charge in [-0.2, -0.15) is 0 Å². The summed E-state index contributed by atoms with van der Waals surface area (Å²) >= 11 is 0. The fraction of sp³-hybridized carbons (Fsp3) is 0.267. The average molecular weight is 244 g/mol. The molecule has 0 spiro atoms. The highest BCUT2D eigenvalue weighted by Crippen LogP contribution is 2.08. The minimum absolute atomic E-state index is 0.00138. The Kier molecular flexibility index (Phi) is 5.71. The van der Waals surface area contributed by atoms with Gasteiger partial charge in [0, 0.05) is 25.4 Å². The van der Waals surface area contributed by atoms with Crippen LogP contribution in [-0.2, 0) is 4.79 Å². The van der Waals surface area contributed by atoms with Crippen molar-refractivity contribution in [1.29, 1.82) is 0 Å². The molecule has 0 bridgehead atoms. The van der Waals surface area contributed by atoms with Crippen LogP contribution in [-0.4, -0.2) is 24.4 Å². The molecule has 3 nitrogen and oxygen atoms in total. The van der Waals surface area contributed by atoms with Crippen LogP contribution < -0.4 is 5.73 Å². The van der Waals surface area contributed by atoms with Crippen LogP contribution in [0.2, 0.25) is 0 Å². The number of benzene rings is 1. The van der Waals surface area contributed by atoms with E-state index in [4.69, 9.17) is 5.73 Å². The minimum atomic E-state index is 0.00138. The maximum atomic E-state index is 11.8. The molecule has 0 aliphatic heterocycles. The molecule has 0 atom stereocenters. The lowest BCUT2D eigenvalue weighted by molar-refractivity contribution is -0.124. The molecule has 0 aliphatic rings. The van der Waals surface area contributed by atoms with Gasteiger partial charge in [-0.25, -0.2) is 0 Å². The summed E-state index contributed by atoms with van der Waals surface area (Å²) in [6, 6.07) is 7.44. The zero-order chi connectivity index (χ0) is 13.4. The number of anilines is 1. The molecule has 1 aromatic carbocycles. The monoisotopic (exact) mass is 244 g/mol. The van der Waals surface area contributed by atoms with E-state index in [-0.39, 0.29) is 5.91 Å². The molecule has 1 amide bonds. The van der Waals surface area contributed by atoms with Crippen LogP contribution in [0.5, 0.6) is 0 Å². The predicted molar refractivity (Wildman–Crippen MR) is 77.0 cm³/mol.